The second-order valence-corrected chi connectivity index (χ2v) is 6.05. The molecular formula is C19H19ClFNO3. The number of carbonyl (C=O) groups is 2. The van der Waals surface area contributed by atoms with Crippen molar-refractivity contribution in [2.45, 2.75) is 26.2 Å². The van der Waals surface area contributed by atoms with Crippen LogP contribution in [0.2, 0.25) is 5.02 Å². The molecule has 0 aliphatic rings. The standard InChI is InChI=1S/C19H19ClFNO3/c1-3-12(2)14-6-4-5-7-17(14)22-18(23)11-25-19(24)15-9-8-13(21)10-16(15)20/h4-10,12H,3,11H2,1-2H3,(H,22,23)/t12-/m1/s1. The van der Waals surface area contributed by atoms with Crippen molar-refractivity contribution in [1.82, 2.24) is 0 Å². The third-order valence-electron chi connectivity index (χ3n) is 3.86. The lowest BCUT2D eigenvalue weighted by atomic mass is 9.97. The number of amides is 1. The van der Waals surface area contributed by atoms with Gasteiger partial charge in [-0.05, 0) is 42.2 Å². The van der Waals surface area contributed by atoms with Crippen molar-refractivity contribution in [3.63, 3.8) is 0 Å². The van der Waals surface area contributed by atoms with Crippen molar-refractivity contribution in [3.05, 3.63) is 64.4 Å². The highest BCUT2D eigenvalue weighted by Crippen LogP contribution is 2.26. The minimum absolute atomic E-state index is 0.0101. The highest BCUT2D eigenvalue weighted by molar-refractivity contribution is 6.33. The van der Waals surface area contributed by atoms with Gasteiger partial charge in [0, 0.05) is 5.69 Å². The maximum atomic E-state index is 13.0. The Kier molecular flexibility index (Phi) is 6.53. The predicted molar refractivity (Wildman–Crippen MR) is 95.5 cm³/mol. The van der Waals surface area contributed by atoms with Gasteiger partial charge in [-0.25, -0.2) is 9.18 Å². The van der Waals surface area contributed by atoms with E-state index in [1.54, 1.807) is 6.07 Å². The zero-order valence-electron chi connectivity index (χ0n) is 14.0. The summed E-state index contributed by atoms with van der Waals surface area (Å²) in [4.78, 5) is 24.0. The molecular weight excluding hydrogens is 345 g/mol. The normalized spacial score (nSPS) is 11.7. The molecule has 6 heteroatoms. The van der Waals surface area contributed by atoms with Gasteiger partial charge in [0.1, 0.15) is 5.82 Å². The third kappa shape index (κ3) is 5.03. The molecule has 0 aliphatic heterocycles. The number of halogens is 2. The van der Waals surface area contributed by atoms with Crippen LogP contribution in [-0.2, 0) is 9.53 Å². The van der Waals surface area contributed by atoms with Gasteiger partial charge in [0.25, 0.3) is 5.91 Å². The summed E-state index contributed by atoms with van der Waals surface area (Å²) >= 11 is 5.80. The molecule has 0 saturated carbocycles. The quantitative estimate of drug-likeness (QED) is 0.751. The number of esters is 1. The van der Waals surface area contributed by atoms with Gasteiger partial charge in [-0.2, -0.15) is 0 Å². The maximum absolute atomic E-state index is 13.0. The first kappa shape index (κ1) is 18.9. The Hall–Kier alpha value is -2.40. The van der Waals surface area contributed by atoms with E-state index >= 15 is 0 Å². The largest absolute Gasteiger partial charge is 0.452 e. The molecule has 2 rings (SSSR count). The Labute approximate surface area is 150 Å². The number of hydrogen-bond acceptors (Lipinski definition) is 3. The van der Waals surface area contributed by atoms with Gasteiger partial charge in [0.05, 0.1) is 10.6 Å². The Bertz CT molecular complexity index is 779. The zero-order valence-corrected chi connectivity index (χ0v) is 14.8. The van der Waals surface area contributed by atoms with E-state index in [4.69, 9.17) is 16.3 Å². The average molecular weight is 364 g/mol. The minimum atomic E-state index is -0.782. The lowest BCUT2D eigenvalue weighted by molar-refractivity contribution is -0.119. The van der Waals surface area contributed by atoms with Gasteiger partial charge < -0.3 is 10.1 Å². The van der Waals surface area contributed by atoms with Crippen LogP contribution < -0.4 is 5.32 Å². The molecule has 0 saturated heterocycles. The van der Waals surface area contributed by atoms with Gasteiger partial charge in [-0.1, -0.05) is 43.6 Å². The van der Waals surface area contributed by atoms with Crippen LogP contribution in [0.4, 0.5) is 10.1 Å². The molecule has 4 nitrogen and oxygen atoms in total. The van der Waals surface area contributed by atoms with Crippen molar-refractivity contribution in [2.75, 3.05) is 11.9 Å². The van der Waals surface area contributed by atoms with E-state index in [-0.39, 0.29) is 16.5 Å². The van der Waals surface area contributed by atoms with Crippen LogP contribution in [0.15, 0.2) is 42.5 Å². The molecule has 0 aliphatic carbocycles. The average Bonchev–Trinajstić information content (AvgIpc) is 2.59. The Balaban J connectivity index is 1.98. The second kappa shape index (κ2) is 8.62. The fourth-order valence-corrected chi connectivity index (χ4v) is 2.56. The summed E-state index contributed by atoms with van der Waals surface area (Å²) in [6.45, 7) is 3.68. The summed E-state index contributed by atoms with van der Waals surface area (Å²) in [7, 11) is 0. The second-order valence-electron chi connectivity index (χ2n) is 5.65. The number of para-hydroxylation sites is 1. The van der Waals surface area contributed by atoms with Crippen molar-refractivity contribution >= 4 is 29.2 Å². The molecule has 1 atom stereocenters. The highest BCUT2D eigenvalue weighted by atomic mass is 35.5. The number of nitrogens with one attached hydrogen (secondary N) is 1. The van der Waals surface area contributed by atoms with Crippen LogP contribution in [0.3, 0.4) is 0 Å². The van der Waals surface area contributed by atoms with Gasteiger partial charge in [-0.3, -0.25) is 4.79 Å². The molecule has 25 heavy (non-hydrogen) atoms. The minimum Gasteiger partial charge on any atom is -0.452 e. The van der Waals surface area contributed by atoms with Crippen LogP contribution in [0.5, 0.6) is 0 Å². The van der Waals surface area contributed by atoms with E-state index in [2.05, 4.69) is 19.2 Å². The van der Waals surface area contributed by atoms with Crippen molar-refractivity contribution < 1.29 is 18.7 Å². The molecule has 1 amide bonds. The first-order valence-corrected chi connectivity index (χ1v) is 8.31. The summed E-state index contributed by atoms with van der Waals surface area (Å²) in [5, 5.41) is 2.68. The van der Waals surface area contributed by atoms with Crippen LogP contribution in [0.25, 0.3) is 0 Å². The van der Waals surface area contributed by atoms with E-state index in [9.17, 15) is 14.0 Å². The van der Waals surface area contributed by atoms with Crippen LogP contribution in [-0.4, -0.2) is 18.5 Å². The molecule has 0 heterocycles. The Morgan fingerprint density at radius 2 is 1.96 bits per heavy atom. The van der Waals surface area contributed by atoms with E-state index in [1.807, 2.05) is 18.2 Å². The van der Waals surface area contributed by atoms with Gasteiger partial charge in [0.15, 0.2) is 6.61 Å². The molecule has 0 radical (unpaired) electrons. The number of hydrogen-bond donors (Lipinski definition) is 1. The number of benzene rings is 2. The number of anilines is 1. The van der Waals surface area contributed by atoms with Crippen molar-refractivity contribution in [1.29, 1.82) is 0 Å². The molecule has 0 fully saturated rings. The molecule has 0 bridgehead atoms. The van der Waals surface area contributed by atoms with E-state index in [1.165, 1.54) is 6.07 Å². The highest BCUT2D eigenvalue weighted by Gasteiger charge is 2.16. The fourth-order valence-electron chi connectivity index (χ4n) is 2.31. The summed E-state index contributed by atoms with van der Waals surface area (Å²) in [5.41, 5.74) is 1.72. The number of carbonyl (C=O) groups excluding carboxylic acids is 2. The Morgan fingerprint density at radius 3 is 2.64 bits per heavy atom. The van der Waals surface area contributed by atoms with Crippen LogP contribution in [0, 0.1) is 5.82 Å². The summed E-state index contributed by atoms with van der Waals surface area (Å²) in [6.07, 6.45) is 0.935. The Morgan fingerprint density at radius 1 is 1.24 bits per heavy atom. The number of rotatable bonds is 6. The van der Waals surface area contributed by atoms with Gasteiger partial charge in [-0.15, -0.1) is 0 Å². The smallest absolute Gasteiger partial charge is 0.340 e. The lowest BCUT2D eigenvalue weighted by Crippen LogP contribution is -2.22. The maximum Gasteiger partial charge on any atom is 0.340 e. The molecule has 1 N–H and O–H groups in total. The summed E-state index contributed by atoms with van der Waals surface area (Å²) in [5.74, 6) is -1.50. The molecule has 0 aromatic heterocycles. The predicted octanol–water partition coefficient (Wildman–Crippen LogP) is 4.79. The monoisotopic (exact) mass is 363 g/mol. The number of ether oxygens (including phenoxy) is 1. The third-order valence-corrected chi connectivity index (χ3v) is 4.18. The van der Waals surface area contributed by atoms with Crippen molar-refractivity contribution in [2.24, 2.45) is 0 Å². The summed E-state index contributed by atoms with van der Waals surface area (Å²) in [6, 6.07) is 10.8. The van der Waals surface area contributed by atoms with Crippen LogP contribution >= 0.6 is 11.6 Å². The zero-order chi connectivity index (χ0) is 18.4. The van der Waals surface area contributed by atoms with Crippen molar-refractivity contribution in [3.8, 4) is 0 Å². The molecule has 0 spiro atoms. The topological polar surface area (TPSA) is 55.4 Å². The lowest BCUT2D eigenvalue weighted by Gasteiger charge is -2.15. The first-order valence-electron chi connectivity index (χ1n) is 7.93. The molecule has 132 valence electrons. The first-order chi connectivity index (χ1) is 11.9. The SMILES string of the molecule is CC[C@@H](C)c1ccccc1NC(=O)COC(=O)c1ccc(F)cc1Cl. The van der Waals surface area contributed by atoms with Crippen LogP contribution in [0.1, 0.15) is 42.1 Å². The van der Waals surface area contributed by atoms with E-state index < -0.39 is 24.3 Å². The molecule has 0 unspecified atom stereocenters. The molecule has 2 aromatic carbocycles. The van der Waals surface area contributed by atoms with Gasteiger partial charge >= 0.3 is 5.97 Å². The van der Waals surface area contributed by atoms with E-state index in [0.717, 1.165) is 24.1 Å². The summed E-state index contributed by atoms with van der Waals surface area (Å²) < 4.78 is 18.0. The fraction of sp³-hybridized carbons (Fsp3) is 0.263. The van der Waals surface area contributed by atoms with E-state index in [0.29, 0.717) is 5.69 Å². The molecule has 2 aromatic rings. The van der Waals surface area contributed by atoms with Gasteiger partial charge in [0.2, 0.25) is 0 Å².